The number of rotatable bonds is 4. The molecule has 0 heterocycles. The van der Waals surface area contributed by atoms with E-state index in [0.717, 1.165) is 0 Å². The van der Waals surface area contributed by atoms with Gasteiger partial charge >= 0.3 is 0 Å². The molecule has 5 heteroatoms. The van der Waals surface area contributed by atoms with Crippen molar-refractivity contribution in [3.05, 3.63) is 23.3 Å². The van der Waals surface area contributed by atoms with Crippen molar-refractivity contribution in [1.29, 1.82) is 5.26 Å². The number of Topliss-reactive ketones (excluding diaryl/α,β-unsaturated/α-hetero) is 1. The number of hydrogen-bond donors (Lipinski definition) is 1. The molecule has 0 radical (unpaired) electrons. The van der Waals surface area contributed by atoms with E-state index in [1.54, 1.807) is 0 Å². The van der Waals surface area contributed by atoms with Gasteiger partial charge in [0.1, 0.15) is 0 Å². The SMILES string of the molecule is COc1cc(C#N)cc(C(=O)CN)c1OC. The van der Waals surface area contributed by atoms with Gasteiger partial charge in [0, 0.05) is 6.07 Å². The topological polar surface area (TPSA) is 85.3 Å². The van der Waals surface area contributed by atoms with Crippen LogP contribution in [-0.4, -0.2) is 26.5 Å². The molecule has 1 rings (SSSR count). The first-order chi connectivity index (χ1) is 7.67. The van der Waals surface area contributed by atoms with Gasteiger partial charge in [0.15, 0.2) is 17.3 Å². The molecule has 1 aromatic rings. The molecule has 0 atom stereocenters. The van der Waals surface area contributed by atoms with E-state index in [9.17, 15) is 4.79 Å². The minimum Gasteiger partial charge on any atom is -0.493 e. The summed E-state index contributed by atoms with van der Waals surface area (Å²) in [7, 11) is 2.87. The van der Waals surface area contributed by atoms with Gasteiger partial charge < -0.3 is 15.2 Å². The first kappa shape index (κ1) is 12.0. The van der Waals surface area contributed by atoms with Crippen LogP contribution < -0.4 is 15.2 Å². The average Bonchev–Trinajstić information content (AvgIpc) is 2.35. The lowest BCUT2D eigenvalue weighted by Crippen LogP contribution is -2.15. The Morgan fingerprint density at radius 1 is 1.44 bits per heavy atom. The van der Waals surface area contributed by atoms with Crippen LogP contribution in [0.2, 0.25) is 0 Å². The fourth-order valence-corrected chi connectivity index (χ4v) is 1.35. The third-order valence-electron chi connectivity index (χ3n) is 2.09. The Bertz CT molecular complexity index is 449. The number of ketones is 1. The minimum absolute atomic E-state index is 0.144. The van der Waals surface area contributed by atoms with Gasteiger partial charge in [0.2, 0.25) is 0 Å². The molecule has 0 aliphatic heterocycles. The van der Waals surface area contributed by atoms with Gasteiger partial charge in [-0.05, 0) is 6.07 Å². The largest absolute Gasteiger partial charge is 0.493 e. The predicted octanol–water partition coefficient (Wildman–Crippen LogP) is 0.717. The van der Waals surface area contributed by atoms with Crippen molar-refractivity contribution in [2.45, 2.75) is 0 Å². The first-order valence-electron chi connectivity index (χ1n) is 4.57. The van der Waals surface area contributed by atoms with Gasteiger partial charge in [-0.1, -0.05) is 0 Å². The summed E-state index contributed by atoms with van der Waals surface area (Å²) in [6, 6.07) is 4.89. The van der Waals surface area contributed by atoms with E-state index in [1.807, 2.05) is 6.07 Å². The Kier molecular flexibility index (Phi) is 3.86. The summed E-state index contributed by atoms with van der Waals surface area (Å²) in [5, 5.41) is 8.81. The lowest BCUT2D eigenvalue weighted by molar-refractivity contribution is 0.0998. The highest BCUT2D eigenvalue weighted by atomic mass is 16.5. The molecule has 1 aromatic carbocycles. The molecule has 0 fully saturated rings. The Balaban J connectivity index is 3.44. The standard InChI is InChI=1S/C11H12N2O3/c1-15-10-4-7(5-12)3-8(9(14)6-13)11(10)16-2/h3-4H,6,13H2,1-2H3. The zero-order valence-corrected chi connectivity index (χ0v) is 9.11. The smallest absolute Gasteiger partial charge is 0.180 e. The summed E-state index contributed by atoms with van der Waals surface area (Å²) < 4.78 is 10.1. The van der Waals surface area contributed by atoms with Crippen molar-refractivity contribution in [3.63, 3.8) is 0 Å². The van der Waals surface area contributed by atoms with Crippen LogP contribution in [0.3, 0.4) is 0 Å². The van der Waals surface area contributed by atoms with Gasteiger partial charge in [-0.25, -0.2) is 0 Å². The number of nitrogens with two attached hydrogens (primary N) is 1. The van der Waals surface area contributed by atoms with Gasteiger partial charge in [-0.2, -0.15) is 5.26 Å². The van der Waals surface area contributed by atoms with Crippen LogP contribution in [0.15, 0.2) is 12.1 Å². The molecule has 0 aromatic heterocycles. The third kappa shape index (κ3) is 2.12. The highest BCUT2D eigenvalue weighted by molar-refractivity contribution is 6.01. The van der Waals surface area contributed by atoms with Crippen molar-refractivity contribution in [2.75, 3.05) is 20.8 Å². The Hall–Kier alpha value is -2.06. The Labute approximate surface area is 93.4 Å². The van der Waals surface area contributed by atoms with Crippen molar-refractivity contribution < 1.29 is 14.3 Å². The molecule has 0 saturated heterocycles. The molecule has 0 aliphatic carbocycles. The van der Waals surface area contributed by atoms with Gasteiger partial charge in [0.05, 0.1) is 38.0 Å². The summed E-state index contributed by atoms with van der Waals surface area (Å²) in [5.74, 6) is 0.350. The number of nitriles is 1. The summed E-state index contributed by atoms with van der Waals surface area (Å²) in [6.45, 7) is -0.144. The number of hydrogen-bond acceptors (Lipinski definition) is 5. The van der Waals surface area contributed by atoms with E-state index >= 15 is 0 Å². The van der Waals surface area contributed by atoms with Crippen LogP contribution in [0, 0.1) is 11.3 Å². The number of carbonyl (C=O) groups is 1. The maximum atomic E-state index is 11.6. The zero-order valence-electron chi connectivity index (χ0n) is 9.11. The summed E-state index contributed by atoms with van der Waals surface area (Å²) in [6.07, 6.45) is 0. The minimum atomic E-state index is -0.299. The van der Waals surface area contributed by atoms with Crippen LogP contribution in [0.5, 0.6) is 11.5 Å². The van der Waals surface area contributed by atoms with E-state index in [-0.39, 0.29) is 17.9 Å². The summed E-state index contributed by atoms with van der Waals surface area (Å²) in [4.78, 5) is 11.6. The molecule has 0 aliphatic rings. The highest BCUT2D eigenvalue weighted by Crippen LogP contribution is 2.32. The monoisotopic (exact) mass is 220 g/mol. The van der Waals surface area contributed by atoms with E-state index in [1.165, 1.54) is 26.4 Å². The predicted molar refractivity (Wildman–Crippen MR) is 57.6 cm³/mol. The maximum absolute atomic E-state index is 11.6. The molecule has 84 valence electrons. The van der Waals surface area contributed by atoms with E-state index in [0.29, 0.717) is 17.1 Å². The van der Waals surface area contributed by atoms with Crippen molar-refractivity contribution in [3.8, 4) is 17.6 Å². The molecule has 16 heavy (non-hydrogen) atoms. The summed E-state index contributed by atoms with van der Waals surface area (Å²) >= 11 is 0. The van der Waals surface area contributed by atoms with Crippen LogP contribution in [-0.2, 0) is 0 Å². The highest BCUT2D eigenvalue weighted by Gasteiger charge is 2.17. The number of nitrogens with zero attached hydrogens (tertiary/aromatic N) is 1. The lowest BCUT2D eigenvalue weighted by Gasteiger charge is -2.11. The van der Waals surface area contributed by atoms with E-state index < -0.39 is 0 Å². The molecular formula is C11H12N2O3. The second-order valence-electron chi connectivity index (χ2n) is 3.00. The van der Waals surface area contributed by atoms with Crippen LogP contribution >= 0.6 is 0 Å². The Morgan fingerprint density at radius 3 is 2.56 bits per heavy atom. The molecule has 0 amide bonds. The van der Waals surface area contributed by atoms with Crippen LogP contribution in [0.25, 0.3) is 0 Å². The first-order valence-corrected chi connectivity index (χ1v) is 4.57. The van der Waals surface area contributed by atoms with Gasteiger partial charge in [-0.15, -0.1) is 0 Å². The molecular weight excluding hydrogens is 208 g/mol. The van der Waals surface area contributed by atoms with Gasteiger partial charge in [0.25, 0.3) is 0 Å². The number of ether oxygens (including phenoxy) is 2. The fraction of sp³-hybridized carbons (Fsp3) is 0.273. The average molecular weight is 220 g/mol. The van der Waals surface area contributed by atoms with Crippen molar-refractivity contribution >= 4 is 5.78 Å². The van der Waals surface area contributed by atoms with Gasteiger partial charge in [-0.3, -0.25) is 4.79 Å². The number of carbonyl (C=O) groups excluding carboxylic acids is 1. The number of methoxy groups -OCH3 is 2. The molecule has 0 spiro atoms. The van der Waals surface area contributed by atoms with Crippen LogP contribution in [0.1, 0.15) is 15.9 Å². The molecule has 2 N–H and O–H groups in total. The normalized spacial score (nSPS) is 9.38. The lowest BCUT2D eigenvalue weighted by atomic mass is 10.1. The second-order valence-corrected chi connectivity index (χ2v) is 3.00. The molecule has 0 unspecified atom stereocenters. The maximum Gasteiger partial charge on any atom is 0.180 e. The zero-order chi connectivity index (χ0) is 12.1. The number of benzene rings is 1. The van der Waals surface area contributed by atoms with Crippen molar-refractivity contribution in [1.82, 2.24) is 0 Å². The fourth-order valence-electron chi connectivity index (χ4n) is 1.35. The second kappa shape index (κ2) is 5.14. The molecule has 0 saturated carbocycles. The van der Waals surface area contributed by atoms with Crippen molar-refractivity contribution in [2.24, 2.45) is 5.73 Å². The third-order valence-corrected chi connectivity index (χ3v) is 2.09. The molecule has 5 nitrogen and oxygen atoms in total. The van der Waals surface area contributed by atoms with E-state index in [4.69, 9.17) is 20.5 Å². The van der Waals surface area contributed by atoms with E-state index in [2.05, 4.69) is 0 Å². The summed E-state index contributed by atoms with van der Waals surface area (Å²) in [5.41, 5.74) is 5.87. The van der Waals surface area contributed by atoms with Crippen LogP contribution in [0.4, 0.5) is 0 Å². The quantitative estimate of drug-likeness (QED) is 0.755. The Morgan fingerprint density at radius 2 is 2.12 bits per heavy atom. The molecule has 0 bridgehead atoms.